The summed E-state index contributed by atoms with van der Waals surface area (Å²) in [5, 5.41) is 2.50. The van der Waals surface area contributed by atoms with Gasteiger partial charge >= 0.3 is 0 Å². The number of aromatic nitrogens is 2. The molecule has 0 saturated carbocycles. The summed E-state index contributed by atoms with van der Waals surface area (Å²) in [5.74, 6) is 0. The topological polar surface area (TPSA) is 17.8 Å². The Labute approximate surface area is 305 Å². The average Bonchev–Trinajstić information content (AvgIpc) is 3.54. The lowest BCUT2D eigenvalue weighted by molar-refractivity contribution is 1.18. The fraction of sp³-hybridized carbons (Fsp3) is 0. The number of nitrogens with zero attached hydrogens (tertiary/aromatic N) is 2. The molecule has 0 bridgehead atoms. The molecule has 2 aromatic heterocycles. The number of hydrogen-bond donors (Lipinski definition) is 0. The molecule has 9 aromatic rings. The lowest BCUT2D eigenvalue weighted by Gasteiger charge is -2.23. The molecule has 0 unspecified atom stereocenters. The number of hydrogen-bond acceptors (Lipinski definition) is 3. The van der Waals surface area contributed by atoms with Gasteiger partial charge in [0.15, 0.2) is 0 Å². The molecule has 0 spiro atoms. The molecule has 1 aliphatic rings. The Morgan fingerprint density at radius 3 is 1.90 bits per heavy atom. The Hall–Kier alpha value is -5.81. The van der Waals surface area contributed by atoms with E-state index < -0.39 is 0 Å². The lowest BCUT2D eigenvalue weighted by Crippen LogP contribution is -1.98. The van der Waals surface area contributed by atoms with Crippen molar-refractivity contribution in [3.8, 4) is 50.3 Å². The molecule has 0 saturated heterocycles. The molecular formula is C47H30N2S2. The fourth-order valence-corrected chi connectivity index (χ4v) is 9.78. The standard InChI is InChI=1S/C47H30N2S2/c1-2-14-32(15-3-1)49-41-23-7-4-16-33(41)37-20-12-21-38(47(37)49)36-19-13-26-44-46(36)39-18-6-9-25-43(39)50-42-24-8-5-17-34(42)35-28-27-31(30-45(35)51-44)40-22-10-11-29-48-40/h1-30H. The van der Waals surface area contributed by atoms with Crippen molar-refractivity contribution < 1.29 is 0 Å². The molecule has 240 valence electrons. The van der Waals surface area contributed by atoms with Gasteiger partial charge in [-0.2, -0.15) is 0 Å². The summed E-state index contributed by atoms with van der Waals surface area (Å²) >= 11 is 3.70. The monoisotopic (exact) mass is 686 g/mol. The van der Waals surface area contributed by atoms with Gasteiger partial charge in [0, 0.05) is 58.9 Å². The van der Waals surface area contributed by atoms with Crippen LogP contribution in [0.5, 0.6) is 0 Å². The molecule has 3 heterocycles. The highest BCUT2D eigenvalue weighted by Crippen LogP contribution is 2.52. The summed E-state index contributed by atoms with van der Waals surface area (Å²) in [6.07, 6.45) is 1.87. The van der Waals surface area contributed by atoms with E-state index in [1.54, 1.807) is 0 Å². The number of rotatable bonds is 3. The zero-order valence-corrected chi connectivity index (χ0v) is 29.2. The summed E-state index contributed by atoms with van der Waals surface area (Å²) in [6.45, 7) is 0. The van der Waals surface area contributed by atoms with Gasteiger partial charge in [-0.15, -0.1) is 0 Å². The maximum atomic E-state index is 4.71. The lowest BCUT2D eigenvalue weighted by atomic mass is 9.93. The Kier molecular flexibility index (Phi) is 7.37. The van der Waals surface area contributed by atoms with Crippen molar-refractivity contribution in [1.29, 1.82) is 0 Å². The quantitative estimate of drug-likeness (QED) is 0.184. The van der Waals surface area contributed by atoms with Crippen LogP contribution >= 0.6 is 23.5 Å². The van der Waals surface area contributed by atoms with Crippen LogP contribution in [0.3, 0.4) is 0 Å². The minimum Gasteiger partial charge on any atom is -0.309 e. The highest BCUT2D eigenvalue weighted by atomic mass is 32.2. The molecule has 0 fully saturated rings. The molecule has 4 heteroatoms. The van der Waals surface area contributed by atoms with E-state index in [1.807, 2.05) is 35.8 Å². The third-order valence-corrected chi connectivity index (χ3v) is 12.0. The first-order valence-corrected chi connectivity index (χ1v) is 18.8. The normalized spacial score (nSPS) is 12.2. The Morgan fingerprint density at radius 2 is 1.04 bits per heavy atom. The van der Waals surface area contributed by atoms with Gasteiger partial charge < -0.3 is 4.57 Å². The van der Waals surface area contributed by atoms with E-state index in [9.17, 15) is 0 Å². The zero-order chi connectivity index (χ0) is 33.7. The number of pyridine rings is 1. The number of fused-ring (bicyclic) bond motifs is 9. The predicted molar refractivity (Wildman–Crippen MR) is 215 cm³/mol. The van der Waals surface area contributed by atoms with Crippen LogP contribution in [-0.4, -0.2) is 9.55 Å². The summed E-state index contributed by atoms with van der Waals surface area (Å²) < 4.78 is 2.44. The molecule has 0 N–H and O–H groups in total. The van der Waals surface area contributed by atoms with Crippen molar-refractivity contribution in [2.75, 3.05) is 0 Å². The van der Waals surface area contributed by atoms with Gasteiger partial charge in [0.05, 0.1) is 16.7 Å². The first-order valence-electron chi connectivity index (χ1n) is 17.1. The molecule has 0 amide bonds. The third-order valence-electron chi connectivity index (χ3n) is 9.74. The maximum absolute atomic E-state index is 4.71. The van der Waals surface area contributed by atoms with Crippen molar-refractivity contribution in [2.24, 2.45) is 0 Å². The van der Waals surface area contributed by atoms with Gasteiger partial charge in [0.25, 0.3) is 0 Å². The fourth-order valence-electron chi connectivity index (χ4n) is 7.50. The molecule has 7 aromatic carbocycles. The highest BCUT2D eigenvalue weighted by Gasteiger charge is 2.24. The molecular weight excluding hydrogens is 657 g/mol. The third kappa shape index (κ3) is 5.10. The first kappa shape index (κ1) is 30.1. The summed E-state index contributed by atoms with van der Waals surface area (Å²) in [7, 11) is 0. The van der Waals surface area contributed by atoms with Gasteiger partial charge in [0.1, 0.15) is 0 Å². The van der Waals surface area contributed by atoms with Gasteiger partial charge in [-0.25, -0.2) is 0 Å². The van der Waals surface area contributed by atoms with E-state index in [4.69, 9.17) is 4.98 Å². The van der Waals surface area contributed by atoms with Crippen LogP contribution in [0.4, 0.5) is 0 Å². The largest absolute Gasteiger partial charge is 0.309 e. The van der Waals surface area contributed by atoms with Crippen LogP contribution in [0.15, 0.2) is 202 Å². The van der Waals surface area contributed by atoms with Gasteiger partial charge in [-0.05, 0) is 76.9 Å². The average molecular weight is 687 g/mol. The van der Waals surface area contributed by atoms with E-state index in [-0.39, 0.29) is 0 Å². The minimum atomic E-state index is 0.973. The van der Waals surface area contributed by atoms with Crippen molar-refractivity contribution in [1.82, 2.24) is 9.55 Å². The SMILES string of the molecule is c1ccc(-n2c3ccccc3c3cccc(-c4cccc5c4-c4ccccc4Sc4ccccc4-c4ccc(-c6ccccn6)cc4S5)c32)cc1. The van der Waals surface area contributed by atoms with Gasteiger partial charge in [-0.3, -0.25) is 4.98 Å². The maximum Gasteiger partial charge on any atom is 0.0702 e. The van der Waals surface area contributed by atoms with Gasteiger partial charge in [0.2, 0.25) is 0 Å². The van der Waals surface area contributed by atoms with Crippen LogP contribution in [-0.2, 0) is 0 Å². The number of para-hydroxylation sites is 3. The van der Waals surface area contributed by atoms with Crippen LogP contribution in [0, 0.1) is 0 Å². The zero-order valence-electron chi connectivity index (χ0n) is 27.5. The highest BCUT2D eigenvalue weighted by molar-refractivity contribution is 8.00. The molecule has 2 nitrogen and oxygen atoms in total. The molecule has 10 rings (SSSR count). The van der Waals surface area contributed by atoms with Crippen molar-refractivity contribution in [3.63, 3.8) is 0 Å². The van der Waals surface area contributed by atoms with E-state index in [0.29, 0.717) is 0 Å². The van der Waals surface area contributed by atoms with Crippen molar-refractivity contribution in [3.05, 3.63) is 182 Å². The molecule has 1 aliphatic heterocycles. The van der Waals surface area contributed by atoms with Gasteiger partial charge in [-0.1, -0.05) is 145 Å². The summed E-state index contributed by atoms with van der Waals surface area (Å²) in [5.41, 5.74) is 13.0. The predicted octanol–water partition coefficient (Wildman–Crippen LogP) is 13.5. The molecule has 51 heavy (non-hydrogen) atoms. The second-order valence-electron chi connectivity index (χ2n) is 12.7. The van der Waals surface area contributed by atoms with Crippen LogP contribution < -0.4 is 0 Å². The van der Waals surface area contributed by atoms with E-state index in [1.165, 1.54) is 74.8 Å². The van der Waals surface area contributed by atoms with Crippen molar-refractivity contribution >= 4 is 45.3 Å². The molecule has 0 atom stereocenters. The van der Waals surface area contributed by atoms with E-state index >= 15 is 0 Å². The van der Waals surface area contributed by atoms with Crippen LogP contribution in [0.2, 0.25) is 0 Å². The minimum absolute atomic E-state index is 0.973. The Balaban J connectivity index is 1.28. The number of benzene rings is 7. The molecule has 0 radical (unpaired) electrons. The smallest absolute Gasteiger partial charge is 0.0702 e. The van der Waals surface area contributed by atoms with E-state index in [0.717, 1.165) is 16.9 Å². The van der Waals surface area contributed by atoms with Crippen LogP contribution in [0.25, 0.3) is 72.1 Å². The summed E-state index contributed by atoms with van der Waals surface area (Å²) in [6, 6.07) is 63.8. The van der Waals surface area contributed by atoms with E-state index in [2.05, 4.69) is 174 Å². The summed E-state index contributed by atoms with van der Waals surface area (Å²) in [4.78, 5) is 9.62. The van der Waals surface area contributed by atoms with Crippen molar-refractivity contribution in [2.45, 2.75) is 19.6 Å². The van der Waals surface area contributed by atoms with Crippen LogP contribution in [0.1, 0.15) is 0 Å². The second-order valence-corrected chi connectivity index (χ2v) is 14.9. The Morgan fingerprint density at radius 1 is 0.412 bits per heavy atom. The second kappa shape index (κ2) is 12.5. The Bertz CT molecular complexity index is 2750. The first-order chi connectivity index (χ1) is 25.3. The molecule has 0 aliphatic carbocycles.